The van der Waals surface area contributed by atoms with Crippen molar-refractivity contribution >= 4 is 8.56 Å². The fraction of sp³-hybridized carbons (Fsp3) is 1.00. The van der Waals surface area contributed by atoms with Gasteiger partial charge in [-0.15, -0.1) is 0 Å². The van der Waals surface area contributed by atoms with E-state index in [1.165, 1.54) is 18.9 Å². The Morgan fingerprint density at radius 2 is 1.80 bits per heavy atom. The van der Waals surface area contributed by atoms with Gasteiger partial charge in [0.15, 0.2) is 0 Å². The van der Waals surface area contributed by atoms with Crippen LogP contribution >= 0.6 is 0 Å². The number of hydrogen-bond acceptors (Lipinski definition) is 2. The molecule has 3 heteroatoms. The Hall–Kier alpha value is 0.137. The van der Waals surface area contributed by atoms with E-state index in [0.717, 1.165) is 5.92 Å². The lowest BCUT2D eigenvalue weighted by Gasteiger charge is -2.22. The Morgan fingerprint density at radius 1 is 1.30 bits per heavy atom. The molecule has 0 amide bonds. The van der Waals surface area contributed by atoms with Gasteiger partial charge in [-0.25, -0.2) is 0 Å². The summed E-state index contributed by atoms with van der Waals surface area (Å²) < 4.78 is 10.7. The number of hydrogen-bond donors (Lipinski definition) is 0. The molecule has 0 unspecified atom stereocenters. The third-order valence-electron chi connectivity index (χ3n) is 2.22. The van der Waals surface area contributed by atoms with Crippen molar-refractivity contribution in [2.45, 2.75) is 25.4 Å². The molecule has 0 aromatic heterocycles. The van der Waals surface area contributed by atoms with Crippen molar-refractivity contribution in [3.8, 4) is 0 Å². The maximum atomic E-state index is 5.35. The van der Waals surface area contributed by atoms with Crippen molar-refractivity contribution in [2.24, 2.45) is 5.92 Å². The summed E-state index contributed by atoms with van der Waals surface area (Å²) >= 11 is 0. The summed E-state index contributed by atoms with van der Waals surface area (Å²) in [5.74, 6) is 0.913. The molecule has 1 aliphatic carbocycles. The standard InChI is InChI=1S/C7H16O2Si/c1-8-10(3,9-2)6-7-4-5-7/h7H,4-6H2,1-3H3. The minimum absolute atomic E-state index is 0.913. The zero-order chi connectivity index (χ0) is 7.61. The van der Waals surface area contributed by atoms with Crippen LogP contribution in [0.4, 0.5) is 0 Å². The second kappa shape index (κ2) is 3.03. The first-order valence-electron chi connectivity index (χ1n) is 3.80. The Morgan fingerprint density at radius 3 is 2.10 bits per heavy atom. The first-order valence-corrected chi connectivity index (χ1v) is 6.33. The highest BCUT2D eigenvalue weighted by molar-refractivity contribution is 6.66. The van der Waals surface area contributed by atoms with Crippen LogP contribution in [0, 0.1) is 5.92 Å². The molecule has 1 aliphatic rings. The van der Waals surface area contributed by atoms with Crippen LogP contribution in [-0.4, -0.2) is 22.8 Å². The molecular weight excluding hydrogens is 144 g/mol. The molecule has 0 aliphatic heterocycles. The van der Waals surface area contributed by atoms with Crippen LogP contribution in [0.2, 0.25) is 12.6 Å². The molecule has 0 aromatic rings. The minimum Gasteiger partial charge on any atom is -0.398 e. The van der Waals surface area contributed by atoms with E-state index in [-0.39, 0.29) is 0 Å². The average Bonchev–Trinajstić information content (AvgIpc) is 2.72. The number of rotatable bonds is 4. The summed E-state index contributed by atoms with van der Waals surface area (Å²) in [4.78, 5) is 0. The molecule has 0 aromatic carbocycles. The second-order valence-corrected chi connectivity index (χ2v) is 6.68. The molecule has 1 fully saturated rings. The van der Waals surface area contributed by atoms with Gasteiger partial charge in [0.05, 0.1) is 0 Å². The quantitative estimate of drug-likeness (QED) is 0.583. The largest absolute Gasteiger partial charge is 0.398 e. The fourth-order valence-corrected chi connectivity index (χ4v) is 3.05. The molecule has 60 valence electrons. The first-order chi connectivity index (χ1) is 4.70. The van der Waals surface area contributed by atoms with Crippen molar-refractivity contribution in [1.82, 2.24) is 0 Å². The van der Waals surface area contributed by atoms with Gasteiger partial charge in [0.2, 0.25) is 0 Å². The lowest BCUT2D eigenvalue weighted by atomic mass is 10.5. The molecule has 0 N–H and O–H groups in total. The Balaban J connectivity index is 2.29. The van der Waals surface area contributed by atoms with Gasteiger partial charge in [-0.05, 0) is 18.5 Å². The lowest BCUT2D eigenvalue weighted by Crippen LogP contribution is -2.36. The molecule has 0 bridgehead atoms. The maximum Gasteiger partial charge on any atom is 0.334 e. The molecule has 1 rings (SSSR count). The van der Waals surface area contributed by atoms with Crippen LogP contribution < -0.4 is 0 Å². The fourth-order valence-electron chi connectivity index (χ4n) is 1.10. The predicted molar refractivity (Wildman–Crippen MR) is 43.2 cm³/mol. The van der Waals surface area contributed by atoms with Crippen LogP contribution in [0.3, 0.4) is 0 Å². The van der Waals surface area contributed by atoms with Crippen LogP contribution in [0.5, 0.6) is 0 Å². The molecule has 0 saturated heterocycles. The van der Waals surface area contributed by atoms with E-state index >= 15 is 0 Å². The smallest absolute Gasteiger partial charge is 0.334 e. The van der Waals surface area contributed by atoms with Gasteiger partial charge in [-0.2, -0.15) is 0 Å². The highest BCUT2D eigenvalue weighted by Gasteiger charge is 2.36. The third-order valence-corrected chi connectivity index (χ3v) is 5.27. The van der Waals surface area contributed by atoms with Crippen molar-refractivity contribution in [3.63, 3.8) is 0 Å². The van der Waals surface area contributed by atoms with Crippen molar-refractivity contribution in [2.75, 3.05) is 14.2 Å². The summed E-state index contributed by atoms with van der Waals surface area (Å²) in [6.45, 7) is 2.13. The average molecular weight is 160 g/mol. The van der Waals surface area contributed by atoms with Gasteiger partial charge in [-0.1, -0.05) is 12.8 Å². The van der Waals surface area contributed by atoms with E-state index < -0.39 is 8.56 Å². The van der Waals surface area contributed by atoms with Crippen molar-refractivity contribution in [1.29, 1.82) is 0 Å². The zero-order valence-corrected chi connectivity index (χ0v) is 8.02. The molecule has 2 nitrogen and oxygen atoms in total. The topological polar surface area (TPSA) is 18.5 Å². The summed E-state index contributed by atoms with van der Waals surface area (Å²) in [7, 11) is 1.83. The minimum atomic E-state index is -1.70. The van der Waals surface area contributed by atoms with Crippen LogP contribution in [0.25, 0.3) is 0 Å². The van der Waals surface area contributed by atoms with Gasteiger partial charge in [0, 0.05) is 14.2 Å². The second-order valence-electron chi connectivity index (χ2n) is 3.19. The van der Waals surface area contributed by atoms with E-state index in [0.29, 0.717) is 0 Å². The molecule has 0 atom stereocenters. The molecular formula is C7H16O2Si. The van der Waals surface area contributed by atoms with E-state index in [9.17, 15) is 0 Å². The van der Waals surface area contributed by atoms with Gasteiger partial charge in [-0.3, -0.25) is 0 Å². The van der Waals surface area contributed by atoms with E-state index in [4.69, 9.17) is 8.85 Å². The molecule has 10 heavy (non-hydrogen) atoms. The van der Waals surface area contributed by atoms with Gasteiger partial charge < -0.3 is 8.85 Å². The van der Waals surface area contributed by atoms with E-state index in [1.54, 1.807) is 14.2 Å². The van der Waals surface area contributed by atoms with Crippen LogP contribution in [0.1, 0.15) is 12.8 Å². The highest BCUT2D eigenvalue weighted by Crippen LogP contribution is 2.37. The van der Waals surface area contributed by atoms with E-state index in [1.807, 2.05) is 0 Å². The summed E-state index contributed by atoms with van der Waals surface area (Å²) in [6.07, 6.45) is 2.77. The van der Waals surface area contributed by atoms with Crippen LogP contribution in [-0.2, 0) is 8.85 Å². The molecule has 0 radical (unpaired) electrons. The molecule has 1 saturated carbocycles. The van der Waals surface area contributed by atoms with Crippen LogP contribution in [0.15, 0.2) is 0 Å². The maximum absolute atomic E-state index is 5.35. The van der Waals surface area contributed by atoms with Gasteiger partial charge in [0.1, 0.15) is 0 Å². The van der Waals surface area contributed by atoms with E-state index in [2.05, 4.69) is 6.55 Å². The predicted octanol–water partition coefficient (Wildman–Crippen LogP) is 1.76. The lowest BCUT2D eigenvalue weighted by molar-refractivity contribution is 0.247. The molecule has 0 heterocycles. The Bertz CT molecular complexity index is 108. The molecule has 0 spiro atoms. The first kappa shape index (κ1) is 8.24. The monoisotopic (exact) mass is 160 g/mol. The van der Waals surface area contributed by atoms with Gasteiger partial charge >= 0.3 is 8.56 Å². The Labute approximate surface area is 63.8 Å². The SMILES string of the molecule is CO[Si](C)(CC1CC1)OC. The summed E-state index contributed by atoms with van der Waals surface area (Å²) in [5.41, 5.74) is 0. The zero-order valence-electron chi connectivity index (χ0n) is 7.02. The highest BCUT2D eigenvalue weighted by atomic mass is 28.4. The van der Waals surface area contributed by atoms with Crippen molar-refractivity contribution < 1.29 is 8.85 Å². The summed E-state index contributed by atoms with van der Waals surface area (Å²) in [6, 6.07) is 1.18. The van der Waals surface area contributed by atoms with Gasteiger partial charge in [0.25, 0.3) is 0 Å². The summed E-state index contributed by atoms with van der Waals surface area (Å²) in [5, 5.41) is 0. The van der Waals surface area contributed by atoms with Crippen molar-refractivity contribution in [3.05, 3.63) is 0 Å². The third kappa shape index (κ3) is 2.07. The Kier molecular flexibility index (Phi) is 2.49. The normalized spacial score (nSPS) is 19.5.